The fourth-order valence-corrected chi connectivity index (χ4v) is 3.10. The molecule has 1 saturated carbocycles. The van der Waals surface area contributed by atoms with Crippen molar-refractivity contribution in [3.8, 4) is 0 Å². The lowest BCUT2D eigenvalue weighted by atomic mass is 9.98. The lowest BCUT2D eigenvalue weighted by molar-refractivity contribution is -0.122. The number of nitrogens with one attached hydrogen (secondary N) is 2. The monoisotopic (exact) mass is 354 g/mol. The van der Waals surface area contributed by atoms with Gasteiger partial charge in [-0.3, -0.25) is 9.59 Å². The molecule has 5 heteroatoms. The van der Waals surface area contributed by atoms with Gasteiger partial charge < -0.3 is 10.6 Å². The minimum Gasteiger partial charge on any atom is -0.326 e. The quantitative estimate of drug-likeness (QED) is 0.832. The normalized spacial score (nSPS) is 18.5. The van der Waals surface area contributed by atoms with Crippen LogP contribution in [0.15, 0.2) is 42.5 Å². The number of hydrogen-bond donors (Lipinski definition) is 2. The van der Waals surface area contributed by atoms with Gasteiger partial charge in [0.25, 0.3) is 0 Å². The Balaban J connectivity index is 1.63. The zero-order valence-electron chi connectivity index (χ0n) is 15.2. The van der Waals surface area contributed by atoms with Crippen molar-refractivity contribution in [2.24, 2.45) is 11.8 Å². The largest absolute Gasteiger partial charge is 0.326 e. The average molecular weight is 354 g/mol. The number of anilines is 2. The number of rotatable bonds is 5. The summed E-state index contributed by atoms with van der Waals surface area (Å²) in [6, 6.07) is 11.6. The highest BCUT2D eigenvalue weighted by molar-refractivity contribution is 6.03. The molecule has 0 aromatic heterocycles. The highest BCUT2D eigenvalue weighted by atomic mass is 19.1. The van der Waals surface area contributed by atoms with Gasteiger partial charge in [0, 0.05) is 11.4 Å². The van der Waals surface area contributed by atoms with Gasteiger partial charge >= 0.3 is 0 Å². The van der Waals surface area contributed by atoms with Crippen LogP contribution in [0.1, 0.15) is 37.3 Å². The van der Waals surface area contributed by atoms with Crippen molar-refractivity contribution in [2.45, 2.75) is 33.1 Å². The third-order valence-corrected chi connectivity index (χ3v) is 4.75. The highest BCUT2D eigenvalue weighted by Crippen LogP contribution is 2.41. The SMILES string of the molecule is Cc1cccc(C(C)C)c1NC(=O)C1CC1C(=O)Nc1ccc(F)cc1. The van der Waals surface area contributed by atoms with Crippen LogP contribution in [0.3, 0.4) is 0 Å². The lowest BCUT2D eigenvalue weighted by Crippen LogP contribution is -2.21. The van der Waals surface area contributed by atoms with Crippen LogP contribution in [-0.2, 0) is 9.59 Å². The standard InChI is InChI=1S/C21H23FN2O2/c1-12(2)16-6-4-5-13(3)19(16)24-21(26)18-11-17(18)20(25)23-15-9-7-14(22)8-10-15/h4-10,12,17-18H,11H2,1-3H3,(H,23,25)(H,24,26). The Labute approximate surface area is 152 Å². The molecule has 0 radical (unpaired) electrons. The number of hydrogen-bond acceptors (Lipinski definition) is 2. The smallest absolute Gasteiger partial charge is 0.228 e. The van der Waals surface area contributed by atoms with Crippen molar-refractivity contribution in [1.82, 2.24) is 0 Å². The molecule has 0 heterocycles. The second-order valence-electron chi connectivity index (χ2n) is 7.13. The van der Waals surface area contributed by atoms with Gasteiger partial charge in [-0.1, -0.05) is 32.0 Å². The van der Waals surface area contributed by atoms with Crippen molar-refractivity contribution in [1.29, 1.82) is 0 Å². The van der Waals surface area contributed by atoms with E-state index in [-0.39, 0.29) is 29.5 Å². The maximum atomic E-state index is 12.9. The Morgan fingerprint density at radius 3 is 2.23 bits per heavy atom. The van der Waals surface area contributed by atoms with E-state index in [1.807, 2.05) is 25.1 Å². The zero-order valence-corrected chi connectivity index (χ0v) is 15.2. The summed E-state index contributed by atoms with van der Waals surface area (Å²) in [6.07, 6.45) is 0.530. The molecule has 1 aliphatic rings. The van der Waals surface area contributed by atoms with Gasteiger partial charge in [-0.25, -0.2) is 4.39 Å². The fourth-order valence-electron chi connectivity index (χ4n) is 3.10. The molecule has 0 bridgehead atoms. The van der Waals surface area contributed by atoms with E-state index >= 15 is 0 Å². The molecule has 136 valence electrons. The minimum absolute atomic E-state index is 0.125. The van der Waals surface area contributed by atoms with Crippen molar-refractivity contribution >= 4 is 23.2 Å². The average Bonchev–Trinajstić information content (AvgIpc) is 3.39. The van der Waals surface area contributed by atoms with Gasteiger partial charge in [0.05, 0.1) is 11.8 Å². The first-order valence-electron chi connectivity index (χ1n) is 8.83. The third kappa shape index (κ3) is 3.93. The van der Waals surface area contributed by atoms with E-state index in [1.165, 1.54) is 24.3 Å². The molecule has 2 unspecified atom stereocenters. The first-order chi connectivity index (χ1) is 12.4. The van der Waals surface area contributed by atoms with Crippen molar-refractivity contribution < 1.29 is 14.0 Å². The summed E-state index contributed by atoms with van der Waals surface area (Å²) in [5.74, 6) is -1.06. The molecule has 1 aliphatic carbocycles. The van der Waals surface area contributed by atoms with E-state index in [9.17, 15) is 14.0 Å². The topological polar surface area (TPSA) is 58.2 Å². The summed E-state index contributed by atoms with van der Waals surface area (Å²) >= 11 is 0. The van der Waals surface area contributed by atoms with E-state index in [1.54, 1.807) is 0 Å². The molecule has 2 N–H and O–H groups in total. The number of carbonyl (C=O) groups excluding carboxylic acids is 2. The molecule has 0 saturated heterocycles. The Morgan fingerprint density at radius 2 is 1.62 bits per heavy atom. The summed E-state index contributed by atoms with van der Waals surface area (Å²) < 4.78 is 12.9. The van der Waals surface area contributed by atoms with Crippen LogP contribution in [0.4, 0.5) is 15.8 Å². The number of para-hydroxylation sites is 1. The number of carbonyl (C=O) groups is 2. The molecule has 3 rings (SSSR count). The number of halogens is 1. The molecule has 26 heavy (non-hydrogen) atoms. The Hall–Kier alpha value is -2.69. The van der Waals surface area contributed by atoms with Crippen molar-refractivity contribution in [3.05, 3.63) is 59.4 Å². The van der Waals surface area contributed by atoms with Crippen LogP contribution in [0.5, 0.6) is 0 Å². The van der Waals surface area contributed by atoms with E-state index in [2.05, 4.69) is 24.5 Å². The molecule has 0 spiro atoms. The summed E-state index contributed by atoms with van der Waals surface area (Å²) in [4.78, 5) is 24.9. The number of amides is 2. The molecule has 1 fully saturated rings. The highest BCUT2D eigenvalue weighted by Gasteiger charge is 2.48. The second-order valence-corrected chi connectivity index (χ2v) is 7.13. The first kappa shape index (κ1) is 18.1. The van der Waals surface area contributed by atoms with Crippen LogP contribution in [0, 0.1) is 24.6 Å². The molecule has 4 nitrogen and oxygen atoms in total. The lowest BCUT2D eigenvalue weighted by Gasteiger charge is -2.16. The molecule has 2 aromatic rings. The van der Waals surface area contributed by atoms with Crippen LogP contribution in [0.2, 0.25) is 0 Å². The second kappa shape index (κ2) is 7.28. The van der Waals surface area contributed by atoms with Crippen LogP contribution in [0.25, 0.3) is 0 Å². The summed E-state index contributed by atoms with van der Waals surface area (Å²) in [6.45, 7) is 6.13. The molecular weight excluding hydrogens is 331 g/mol. The van der Waals surface area contributed by atoms with Crippen LogP contribution < -0.4 is 10.6 Å². The summed E-state index contributed by atoms with van der Waals surface area (Å²) in [5, 5.41) is 5.74. The van der Waals surface area contributed by atoms with Crippen molar-refractivity contribution in [2.75, 3.05) is 10.6 Å². The van der Waals surface area contributed by atoms with Gasteiger partial charge in [-0.05, 0) is 54.7 Å². The van der Waals surface area contributed by atoms with Gasteiger partial charge in [-0.15, -0.1) is 0 Å². The van der Waals surface area contributed by atoms with Gasteiger partial charge in [0.1, 0.15) is 5.82 Å². The molecule has 2 atom stereocenters. The molecule has 2 amide bonds. The predicted octanol–water partition coefficient (Wildman–Crippen LogP) is 4.47. The summed E-state index contributed by atoms with van der Waals surface area (Å²) in [7, 11) is 0. The zero-order chi connectivity index (χ0) is 18.8. The van der Waals surface area contributed by atoms with Crippen LogP contribution in [-0.4, -0.2) is 11.8 Å². The number of benzene rings is 2. The van der Waals surface area contributed by atoms with E-state index in [0.29, 0.717) is 18.0 Å². The van der Waals surface area contributed by atoms with E-state index in [0.717, 1.165) is 16.8 Å². The maximum Gasteiger partial charge on any atom is 0.228 e. The first-order valence-corrected chi connectivity index (χ1v) is 8.83. The Bertz CT molecular complexity index is 830. The Morgan fingerprint density at radius 1 is 1.00 bits per heavy atom. The van der Waals surface area contributed by atoms with Crippen molar-refractivity contribution in [3.63, 3.8) is 0 Å². The van der Waals surface area contributed by atoms with Gasteiger partial charge in [0.2, 0.25) is 11.8 Å². The molecule has 0 aliphatic heterocycles. The van der Waals surface area contributed by atoms with E-state index < -0.39 is 0 Å². The fraction of sp³-hybridized carbons (Fsp3) is 0.333. The number of aryl methyl sites for hydroxylation is 1. The molecule has 2 aromatic carbocycles. The van der Waals surface area contributed by atoms with Gasteiger partial charge in [0.15, 0.2) is 0 Å². The third-order valence-electron chi connectivity index (χ3n) is 4.75. The molecular formula is C21H23FN2O2. The predicted molar refractivity (Wildman–Crippen MR) is 101 cm³/mol. The van der Waals surface area contributed by atoms with E-state index in [4.69, 9.17) is 0 Å². The van der Waals surface area contributed by atoms with Gasteiger partial charge in [-0.2, -0.15) is 0 Å². The van der Waals surface area contributed by atoms with Crippen LogP contribution >= 0.6 is 0 Å². The summed E-state index contributed by atoms with van der Waals surface area (Å²) in [5.41, 5.74) is 3.48. The maximum absolute atomic E-state index is 12.9. The Kier molecular flexibility index (Phi) is 5.07. The minimum atomic E-state index is -0.356.